The second-order valence-electron chi connectivity index (χ2n) is 31.7. The summed E-state index contributed by atoms with van der Waals surface area (Å²) in [5.74, 6) is 1.00. The number of carbonyl (C=O) groups is 4. The molecular formula is C84H164O17P2. The van der Waals surface area contributed by atoms with Crippen molar-refractivity contribution in [3.63, 3.8) is 0 Å². The number of unbranched alkanes of at least 4 members (excludes halogenated alkanes) is 45. The predicted octanol–water partition coefficient (Wildman–Crippen LogP) is 25.2. The van der Waals surface area contributed by atoms with Crippen molar-refractivity contribution >= 4 is 39.5 Å². The van der Waals surface area contributed by atoms with E-state index in [0.717, 1.165) is 108 Å². The van der Waals surface area contributed by atoms with Crippen LogP contribution in [0.3, 0.4) is 0 Å². The molecule has 0 saturated heterocycles. The van der Waals surface area contributed by atoms with E-state index in [4.69, 9.17) is 37.0 Å². The lowest BCUT2D eigenvalue weighted by molar-refractivity contribution is -0.161. The van der Waals surface area contributed by atoms with Crippen LogP contribution in [-0.4, -0.2) is 96.7 Å². The summed E-state index contributed by atoms with van der Waals surface area (Å²) in [6, 6.07) is 0. The van der Waals surface area contributed by atoms with Crippen molar-refractivity contribution in [2.24, 2.45) is 23.7 Å². The number of ether oxygens (including phenoxy) is 4. The summed E-state index contributed by atoms with van der Waals surface area (Å²) >= 11 is 0. The van der Waals surface area contributed by atoms with Crippen molar-refractivity contribution in [1.82, 2.24) is 0 Å². The first-order valence-corrected chi connectivity index (χ1v) is 46.3. The molecule has 4 unspecified atom stereocenters. The molecule has 0 radical (unpaired) electrons. The fraction of sp³-hybridized carbons (Fsp3) is 0.952. The Morgan fingerprint density at radius 3 is 0.689 bits per heavy atom. The summed E-state index contributed by atoms with van der Waals surface area (Å²) in [5.41, 5.74) is 0. The number of esters is 4. The normalized spacial score (nSPS) is 14.5. The molecule has 103 heavy (non-hydrogen) atoms. The Labute approximate surface area is 632 Å². The number of carbonyl (C=O) groups excluding carboxylic acids is 4. The van der Waals surface area contributed by atoms with Crippen molar-refractivity contribution in [3.8, 4) is 0 Å². The van der Waals surface area contributed by atoms with Crippen LogP contribution < -0.4 is 0 Å². The number of aliphatic hydroxyl groups is 1. The lowest BCUT2D eigenvalue weighted by atomic mass is 9.99. The van der Waals surface area contributed by atoms with Crippen LogP contribution in [0.5, 0.6) is 0 Å². The third-order valence-corrected chi connectivity index (χ3v) is 22.2. The molecule has 0 saturated carbocycles. The Bertz CT molecular complexity index is 2010. The number of aliphatic hydroxyl groups excluding tert-OH is 1. The topological polar surface area (TPSA) is 237 Å². The first kappa shape index (κ1) is 101. The molecule has 0 amide bonds. The van der Waals surface area contributed by atoms with E-state index in [-0.39, 0.29) is 25.7 Å². The van der Waals surface area contributed by atoms with Crippen LogP contribution in [0.4, 0.5) is 0 Å². The van der Waals surface area contributed by atoms with Gasteiger partial charge in [-0.3, -0.25) is 37.3 Å². The van der Waals surface area contributed by atoms with Crippen LogP contribution >= 0.6 is 15.6 Å². The predicted molar refractivity (Wildman–Crippen MR) is 423 cm³/mol. The minimum Gasteiger partial charge on any atom is -0.462 e. The van der Waals surface area contributed by atoms with Gasteiger partial charge in [0.25, 0.3) is 0 Å². The van der Waals surface area contributed by atoms with Crippen molar-refractivity contribution in [2.75, 3.05) is 39.6 Å². The Morgan fingerprint density at radius 1 is 0.272 bits per heavy atom. The van der Waals surface area contributed by atoms with Gasteiger partial charge >= 0.3 is 39.5 Å². The lowest BCUT2D eigenvalue weighted by Gasteiger charge is -2.21. The highest BCUT2D eigenvalue weighted by molar-refractivity contribution is 7.47. The van der Waals surface area contributed by atoms with Gasteiger partial charge in [-0.15, -0.1) is 0 Å². The van der Waals surface area contributed by atoms with Gasteiger partial charge in [0.2, 0.25) is 0 Å². The molecule has 0 aliphatic heterocycles. The minimum absolute atomic E-state index is 0.104. The van der Waals surface area contributed by atoms with E-state index < -0.39 is 97.5 Å². The van der Waals surface area contributed by atoms with Gasteiger partial charge in [0.05, 0.1) is 26.4 Å². The molecule has 19 heteroatoms. The van der Waals surface area contributed by atoms with Crippen molar-refractivity contribution in [2.45, 2.75) is 453 Å². The minimum atomic E-state index is -4.96. The second-order valence-corrected chi connectivity index (χ2v) is 34.6. The van der Waals surface area contributed by atoms with Crippen molar-refractivity contribution in [1.29, 1.82) is 0 Å². The van der Waals surface area contributed by atoms with Crippen LogP contribution in [0.1, 0.15) is 434 Å². The summed E-state index contributed by atoms with van der Waals surface area (Å²) in [6.07, 6.45) is 61.5. The van der Waals surface area contributed by atoms with Crippen LogP contribution in [-0.2, 0) is 65.4 Å². The fourth-order valence-corrected chi connectivity index (χ4v) is 14.5. The molecule has 0 aromatic carbocycles. The molecule has 0 spiro atoms. The molecule has 0 aliphatic rings. The molecule has 3 N–H and O–H groups in total. The molecule has 7 atom stereocenters. The van der Waals surface area contributed by atoms with Gasteiger partial charge in [0.1, 0.15) is 19.3 Å². The molecule has 612 valence electrons. The average Bonchev–Trinajstić information content (AvgIpc) is 0.928. The quantitative estimate of drug-likeness (QED) is 0.0222. The van der Waals surface area contributed by atoms with Crippen LogP contribution in [0.25, 0.3) is 0 Å². The Kier molecular flexibility index (Phi) is 71.5. The average molecular weight is 1510 g/mol. The zero-order valence-electron chi connectivity index (χ0n) is 68.0. The Balaban J connectivity index is 5.07. The van der Waals surface area contributed by atoms with E-state index >= 15 is 0 Å². The summed E-state index contributed by atoms with van der Waals surface area (Å²) in [6.45, 7) is 14.2. The maximum atomic E-state index is 13.1. The largest absolute Gasteiger partial charge is 0.472 e. The molecule has 0 aliphatic carbocycles. The zero-order chi connectivity index (χ0) is 76.0. The molecule has 0 aromatic rings. The summed E-state index contributed by atoms with van der Waals surface area (Å²) in [4.78, 5) is 73.0. The maximum Gasteiger partial charge on any atom is 0.472 e. The maximum absolute atomic E-state index is 13.1. The van der Waals surface area contributed by atoms with E-state index in [1.54, 1.807) is 0 Å². The van der Waals surface area contributed by atoms with Crippen molar-refractivity contribution in [3.05, 3.63) is 0 Å². The van der Waals surface area contributed by atoms with Gasteiger partial charge in [-0.05, 0) is 49.4 Å². The van der Waals surface area contributed by atoms with E-state index in [9.17, 15) is 43.2 Å². The van der Waals surface area contributed by atoms with Gasteiger partial charge in [0, 0.05) is 25.7 Å². The van der Waals surface area contributed by atoms with Crippen LogP contribution in [0, 0.1) is 23.7 Å². The summed E-state index contributed by atoms with van der Waals surface area (Å²) in [7, 11) is -9.92. The molecule has 0 fully saturated rings. The Morgan fingerprint density at radius 2 is 0.466 bits per heavy atom. The van der Waals surface area contributed by atoms with E-state index in [2.05, 4.69) is 55.4 Å². The molecule has 0 bridgehead atoms. The molecule has 0 aromatic heterocycles. The third-order valence-electron chi connectivity index (χ3n) is 20.3. The first-order valence-electron chi connectivity index (χ1n) is 43.3. The zero-order valence-corrected chi connectivity index (χ0v) is 69.7. The van der Waals surface area contributed by atoms with Crippen LogP contribution in [0.15, 0.2) is 0 Å². The number of phosphoric acid groups is 2. The van der Waals surface area contributed by atoms with Gasteiger partial charge < -0.3 is 33.8 Å². The number of rotatable bonds is 81. The highest BCUT2D eigenvalue weighted by Crippen LogP contribution is 2.45. The molecule has 0 rings (SSSR count). The molecule has 17 nitrogen and oxygen atoms in total. The van der Waals surface area contributed by atoms with Crippen LogP contribution in [0.2, 0.25) is 0 Å². The Hall–Kier alpha value is -1.94. The van der Waals surface area contributed by atoms with E-state index in [1.165, 1.54) is 231 Å². The number of hydrogen-bond donors (Lipinski definition) is 3. The van der Waals surface area contributed by atoms with Gasteiger partial charge in [-0.2, -0.15) is 0 Å². The monoisotopic (exact) mass is 1510 g/mol. The fourth-order valence-electron chi connectivity index (χ4n) is 12.9. The van der Waals surface area contributed by atoms with E-state index in [1.807, 2.05) is 0 Å². The third kappa shape index (κ3) is 75.3. The SMILES string of the molecule is CCC(C)CCCCCCCCCCCCCCCCCCCCC(=O)OC[C@H](COP(=O)(O)OC[C@@H](O)COP(=O)(O)OC[C@@H](COC(=O)CCCCCCCCC(C)C)OC(=O)CCCCCCCCCCCCCCCCCCCCC(C)CC)OC(=O)CCCCCCCCCC(C)C. The molecular weight excluding hydrogens is 1340 g/mol. The van der Waals surface area contributed by atoms with Crippen molar-refractivity contribution < 1.29 is 80.2 Å². The molecule has 0 heterocycles. The first-order chi connectivity index (χ1) is 49.7. The second kappa shape index (κ2) is 72.9. The van der Waals surface area contributed by atoms with Gasteiger partial charge in [-0.1, -0.05) is 383 Å². The van der Waals surface area contributed by atoms with Gasteiger partial charge in [0.15, 0.2) is 12.2 Å². The highest BCUT2D eigenvalue weighted by Gasteiger charge is 2.30. The standard InChI is InChI=1S/C84H164O17P2/c1-9-76(7)62-54-46-37-31-27-23-19-15-11-13-17-21-25-29-33-39-48-56-64-81(86)94-70-79(101-84(89)67-59-51-41-35-36-44-52-60-74(3)4)72-98-102(90,91)96-68-78(85)69-97-103(92,93)99-73-80(71-95-82(87)65-57-49-43-42-45-53-61-75(5)6)100-83(88)66-58-50-40-34-30-26-22-18-14-12-16-20-24-28-32-38-47-55-63-77(8)10-2/h74-80,85H,9-73H2,1-8H3,(H,90,91)(H,92,93)/t76?,77?,78-,79-,80-/m1/s1. The smallest absolute Gasteiger partial charge is 0.462 e. The lowest BCUT2D eigenvalue weighted by Crippen LogP contribution is -2.30. The summed E-state index contributed by atoms with van der Waals surface area (Å²) < 4.78 is 68.7. The number of phosphoric ester groups is 2. The van der Waals surface area contributed by atoms with Gasteiger partial charge in [-0.25, -0.2) is 9.13 Å². The number of hydrogen-bond acceptors (Lipinski definition) is 15. The highest BCUT2D eigenvalue weighted by atomic mass is 31.2. The summed E-state index contributed by atoms with van der Waals surface area (Å²) in [5, 5.41) is 10.6. The van der Waals surface area contributed by atoms with E-state index in [0.29, 0.717) is 37.5 Å².